The van der Waals surface area contributed by atoms with Crippen molar-refractivity contribution < 1.29 is 0 Å². The number of para-hydroxylation sites is 3. The van der Waals surface area contributed by atoms with Gasteiger partial charge in [0.1, 0.15) is 0 Å². The molecule has 1 fully saturated rings. The van der Waals surface area contributed by atoms with Gasteiger partial charge in [-0.1, -0.05) is 148 Å². The average molecular weight is 701 g/mol. The van der Waals surface area contributed by atoms with Crippen molar-refractivity contribution >= 4 is 34.1 Å². The van der Waals surface area contributed by atoms with Crippen LogP contribution in [-0.4, -0.2) is 0 Å². The molecule has 54 heavy (non-hydrogen) atoms. The number of hydrogen-bond donors (Lipinski definition) is 0. The van der Waals surface area contributed by atoms with E-state index in [0.29, 0.717) is 0 Å². The zero-order valence-electron chi connectivity index (χ0n) is 31.5. The molecule has 2 aliphatic carbocycles. The van der Waals surface area contributed by atoms with E-state index in [4.69, 9.17) is 0 Å². The molecule has 1 saturated carbocycles. The zero-order chi connectivity index (χ0) is 36.5. The quantitative estimate of drug-likeness (QED) is 0.148. The Morgan fingerprint density at radius 3 is 1.41 bits per heavy atom. The molecular weight excluding hydrogens is 653 g/mol. The molecule has 0 saturated heterocycles. The number of anilines is 6. The van der Waals surface area contributed by atoms with Gasteiger partial charge in [0.2, 0.25) is 0 Å². The predicted molar refractivity (Wildman–Crippen MR) is 228 cm³/mol. The molecule has 1 unspecified atom stereocenters. The lowest BCUT2D eigenvalue weighted by atomic mass is 9.65. The Balaban J connectivity index is 1.12. The summed E-state index contributed by atoms with van der Waals surface area (Å²) in [7, 11) is 0. The van der Waals surface area contributed by atoms with Crippen LogP contribution in [0.5, 0.6) is 0 Å². The second-order valence-electron chi connectivity index (χ2n) is 15.3. The topological polar surface area (TPSA) is 6.48 Å². The highest BCUT2D eigenvalue weighted by molar-refractivity contribution is 5.95. The number of fused-ring (bicyclic) bond motifs is 3. The first-order valence-corrected chi connectivity index (χ1v) is 19.8. The predicted octanol–water partition coefficient (Wildman–Crippen LogP) is 14.6. The summed E-state index contributed by atoms with van der Waals surface area (Å²) < 4.78 is 0. The van der Waals surface area contributed by atoms with E-state index in [1.54, 1.807) is 0 Å². The third-order valence-electron chi connectivity index (χ3n) is 12.5. The van der Waals surface area contributed by atoms with Gasteiger partial charge in [-0.2, -0.15) is 0 Å². The van der Waals surface area contributed by atoms with Crippen LogP contribution in [0.3, 0.4) is 0 Å². The van der Waals surface area contributed by atoms with Gasteiger partial charge >= 0.3 is 0 Å². The SMILES string of the molecule is CCC1(C)c2ccccc2-c2c(N(c3ccccc3)c3ccc(C4(c5ccc(N(c6ccccc6)c6ccccc6)cc5)CCCCC4)cc3)cccc21. The lowest BCUT2D eigenvalue weighted by Crippen LogP contribution is -2.30. The van der Waals surface area contributed by atoms with Crippen LogP contribution in [-0.2, 0) is 10.8 Å². The van der Waals surface area contributed by atoms with Gasteiger partial charge in [0.25, 0.3) is 0 Å². The molecule has 0 aromatic heterocycles. The molecule has 7 aromatic carbocycles. The second-order valence-corrected chi connectivity index (χ2v) is 15.3. The monoisotopic (exact) mass is 700 g/mol. The van der Waals surface area contributed by atoms with Crippen molar-refractivity contribution in [2.75, 3.05) is 9.80 Å². The van der Waals surface area contributed by atoms with Crippen LogP contribution in [0.25, 0.3) is 11.1 Å². The van der Waals surface area contributed by atoms with Gasteiger partial charge in [-0.25, -0.2) is 0 Å². The number of hydrogen-bond acceptors (Lipinski definition) is 2. The highest BCUT2D eigenvalue weighted by Gasteiger charge is 2.40. The summed E-state index contributed by atoms with van der Waals surface area (Å²) >= 11 is 0. The van der Waals surface area contributed by atoms with Crippen LogP contribution < -0.4 is 9.80 Å². The summed E-state index contributed by atoms with van der Waals surface area (Å²) in [6.45, 7) is 4.74. The Morgan fingerprint density at radius 2 is 0.870 bits per heavy atom. The summed E-state index contributed by atoms with van der Waals surface area (Å²) in [5.74, 6) is 0. The maximum absolute atomic E-state index is 2.48. The summed E-state index contributed by atoms with van der Waals surface area (Å²) in [6, 6.07) is 67.3. The molecule has 0 amide bonds. The Kier molecular flexibility index (Phi) is 8.91. The minimum Gasteiger partial charge on any atom is -0.311 e. The van der Waals surface area contributed by atoms with Crippen molar-refractivity contribution in [3.63, 3.8) is 0 Å². The van der Waals surface area contributed by atoms with E-state index in [1.807, 2.05) is 0 Å². The molecule has 0 bridgehead atoms. The minimum absolute atomic E-state index is 0.0176. The van der Waals surface area contributed by atoms with E-state index in [2.05, 4.69) is 206 Å². The minimum atomic E-state index is -0.0207. The largest absolute Gasteiger partial charge is 0.311 e. The molecule has 1 atom stereocenters. The van der Waals surface area contributed by atoms with E-state index >= 15 is 0 Å². The third-order valence-corrected chi connectivity index (χ3v) is 12.5. The normalized spacial score (nSPS) is 17.0. The number of nitrogens with zero attached hydrogens (tertiary/aromatic N) is 2. The number of benzene rings is 7. The maximum Gasteiger partial charge on any atom is 0.0543 e. The standard InChI is InChI=1S/C52H48N2/c1-3-51(2)47-26-15-14-25-46(47)50-48(51)27-18-28-49(50)54(43-23-12-6-13-24-43)45-35-31-40(32-36-45)52(37-16-7-17-38-52)39-29-33-44(34-30-39)53(41-19-8-4-9-20-41)42-21-10-5-11-22-42/h4-6,8-15,18-36H,3,7,16-17,37-38H2,1-2H3. The summed E-state index contributed by atoms with van der Waals surface area (Å²) in [6.07, 6.45) is 7.16. The van der Waals surface area contributed by atoms with Crippen molar-refractivity contribution in [3.8, 4) is 11.1 Å². The van der Waals surface area contributed by atoms with Crippen LogP contribution in [0.1, 0.15) is 74.6 Å². The van der Waals surface area contributed by atoms with Crippen molar-refractivity contribution in [1.82, 2.24) is 0 Å². The fourth-order valence-corrected chi connectivity index (χ4v) is 9.54. The van der Waals surface area contributed by atoms with E-state index < -0.39 is 0 Å². The molecule has 9 rings (SSSR count). The zero-order valence-corrected chi connectivity index (χ0v) is 31.5. The molecule has 2 nitrogen and oxygen atoms in total. The van der Waals surface area contributed by atoms with Crippen molar-refractivity contribution in [1.29, 1.82) is 0 Å². The van der Waals surface area contributed by atoms with Crippen LogP contribution >= 0.6 is 0 Å². The first-order chi connectivity index (χ1) is 26.6. The molecular formula is C52H48N2. The van der Waals surface area contributed by atoms with E-state index in [1.165, 1.54) is 75.4 Å². The van der Waals surface area contributed by atoms with Gasteiger partial charge in [-0.15, -0.1) is 0 Å². The van der Waals surface area contributed by atoms with Crippen LogP contribution in [0.2, 0.25) is 0 Å². The molecule has 0 radical (unpaired) electrons. The average Bonchev–Trinajstić information content (AvgIpc) is 3.51. The van der Waals surface area contributed by atoms with E-state index in [9.17, 15) is 0 Å². The van der Waals surface area contributed by atoms with Gasteiger partial charge in [0, 0.05) is 44.8 Å². The van der Waals surface area contributed by atoms with Gasteiger partial charge in [-0.05, 0) is 114 Å². The third kappa shape index (κ3) is 5.73. The van der Waals surface area contributed by atoms with Crippen LogP contribution in [0, 0.1) is 0 Å². The van der Waals surface area contributed by atoms with Gasteiger partial charge in [-0.3, -0.25) is 0 Å². The molecule has 0 N–H and O–H groups in total. The van der Waals surface area contributed by atoms with Crippen molar-refractivity contribution in [2.45, 2.75) is 63.2 Å². The van der Waals surface area contributed by atoms with Crippen molar-refractivity contribution in [3.05, 3.63) is 204 Å². The molecule has 2 heteroatoms. The summed E-state index contributed by atoms with van der Waals surface area (Å²) in [5, 5.41) is 0. The van der Waals surface area contributed by atoms with Gasteiger partial charge in [0.15, 0.2) is 0 Å². The second kappa shape index (κ2) is 14.2. The van der Waals surface area contributed by atoms with Crippen molar-refractivity contribution in [2.24, 2.45) is 0 Å². The molecule has 0 spiro atoms. The highest BCUT2D eigenvalue weighted by atomic mass is 15.1. The highest BCUT2D eigenvalue weighted by Crippen LogP contribution is 2.55. The molecule has 0 aliphatic heterocycles. The summed E-state index contributed by atoms with van der Waals surface area (Å²) in [5.41, 5.74) is 15.4. The van der Waals surface area contributed by atoms with E-state index in [0.717, 1.165) is 30.6 Å². The fraction of sp³-hybridized carbons (Fsp3) is 0.192. The van der Waals surface area contributed by atoms with Gasteiger partial charge < -0.3 is 9.80 Å². The van der Waals surface area contributed by atoms with Crippen LogP contribution in [0.4, 0.5) is 34.1 Å². The van der Waals surface area contributed by atoms with Gasteiger partial charge in [0.05, 0.1) is 5.69 Å². The van der Waals surface area contributed by atoms with Crippen LogP contribution in [0.15, 0.2) is 182 Å². The Hall–Kier alpha value is -5.86. The number of rotatable bonds is 9. The first kappa shape index (κ1) is 33.9. The summed E-state index contributed by atoms with van der Waals surface area (Å²) in [4.78, 5) is 4.83. The lowest BCUT2D eigenvalue weighted by molar-refractivity contribution is 0.346. The molecule has 0 heterocycles. The first-order valence-electron chi connectivity index (χ1n) is 19.8. The maximum atomic E-state index is 2.48. The molecule has 2 aliphatic rings. The molecule has 266 valence electrons. The Labute approximate surface area is 321 Å². The molecule has 7 aromatic rings. The fourth-order valence-electron chi connectivity index (χ4n) is 9.54. The van der Waals surface area contributed by atoms with E-state index in [-0.39, 0.29) is 10.8 Å². The lowest BCUT2D eigenvalue weighted by Gasteiger charge is -2.39. The Morgan fingerprint density at radius 1 is 0.426 bits per heavy atom. The smallest absolute Gasteiger partial charge is 0.0543 e. The Bertz CT molecular complexity index is 2300.